The monoisotopic (exact) mass is 358 g/mol. The molecule has 0 saturated carbocycles. The molecule has 0 spiro atoms. The molecular formula is C17H21F3N2O3. The number of alkyl halides is 3. The molecule has 0 aliphatic carbocycles. The molecule has 2 fully saturated rings. The van der Waals surface area contributed by atoms with Crippen LogP contribution in [0.1, 0.15) is 18.9 Å². The summed E-state index contributed by atoms with van der Waals surface area (Å²) in [7, 11) is 0. The second-order valence-electron chi connectivity index (χ2n) is 6.50. The van der Waals surface area contributed by atoms with E-state index in [-0.39, 0.29) is 23.9 Å². The van der Waals surface area contributed by atoms with E-state index in [2.05, 4.69) is 14.5 Å². The fraction of sp³-hybridized carbons (Fsp3) is 0.588. The molecule has 2 heterocycles. The number of carbonyl (C=O) groups is 1. The van der Waals surface area contributed by atoms with E-state index in [0.717, 1.165) is 38.2 Å². The van der Waals surface area contributed by atoms with Crippen molar-refractivity contribution in [2.75, 3.05) is 26.2 Å². The van der Waals surface area contributed by atoms with Crippen LogP contribution in [-0.4, -0.2) is 60.5 Å². The van der Waals surface area contributed by atoms with E-state index >= 15 is 0 Å². The molecule has 0 bridgehead atoms. The highest BCUT2D eigenvalue weighted by Gasteiger charge is 2.37. The molecular weight excluding hydrogens is 337 g/mol. The van der Waals surface area contributed by atoms with E-state index < -0.39 is 6.36 Å². The lowest BCUT2D eigenvalue weighted by atomic mass is 10.1. The Hall–Kier alpha value is -1.80. The van der Waals surface area contributed by atoms with E-state index in [4.69, 9.17) is 4.74 Å². The normalized spacial score (nSPS) is 25.8. The standard InChI is InChI=1S/C17H21F3N2O3/c1-12-10-15(16(23)24-12)22-8-6-21(7-9-22)11-13-2-4-14(5-3-13)25-17(18,19)20/h2-5,12,15H,6-11H2,1H3. The Morgan fingerprint density at radius 2 is 1.80 bits per heavy atom. The molecule has 2 atom stereocenters. The van der Waals surface area contributed by atoms with Gasteiger partial charge in [0.1, 0.15) is 17.9 Å². The number of carbonyl (C=O) groups excluding carboxylic acids is 1. The molecule has 25 heavy (non-hydrogen) atoms. The Balaban J connectivity index is 1.48. The van der Waals surface area contributed by atoms with E-state index in [1.165, 1.54) is 12.1 Å². The fourth-order valence-corrected chi connectivity index (χ4v) is 3.32. The van der Waals surface area contributed by atoms with Gasteiger partial charge in [-0.1, -0.05) is 12.1 Å². The van der Waals surface area contributed by atoms with E-state index in [1.54, 1.807) is 12.1 Å². The van der Waals surface area contributed by atoms with Gasteiger partial charge in [0, 0.05) is 39.1 Å². The molecule has 0 amide bonds. The van der Waals surface area contributed by atoms with E-state index in [9.17, 15) is 18.0 Å². The number of hydrogen-bond donors (Lipinski definition) is 0. The largest absolute Gasteiger partial charge is 0.573 e. The highest BCUT2D eigenvalue weighted by molar-refractivity contribution is 5.78. The van der Waals surface area contributed by atoms with Gasteiger partial charge in [0.05, 0.1) is 0 Å². The first-order chi connectivity index (χ1) is 11.8. The van der Waals surface area contributed by atoms with Crippen LogP contribution in [0.3, 0.4) is 0 Å². The van der Waals surface area contributed by atoms with Gasteiger partial charge in [-0.15, -0.1) is 13.2 Å². The Bertz CT molecular complexity index is 598. The fourth-order valence-electron chi connectivity index (χ4n) is 3.32. The predicted molar refractivity (Wildman–Crippen MR) is 83.9 cm³/mol. The van der Waals surface area contributed by atoms with Gasteiger partial charge in [0.25, 0.3) is 0 Å². The number of cyclic esters (lactones) is 1. The molecule has 1 aromatic carbocycles. The van der Waals surface area contributed by atoms with Crippen molar-refractivity contribution >= 4 is 5.97 Å². The number of benzene rings is 1. The van der Waals surface area contributed by atoms with Crippen molar-refractivity contribution in [3.8, 4) is 5.75 Å². The highest BCUT2D eigenvalue weighted by Crippen LogP contribution is 2.24. The maximum Gasteiger partial charge on any atom is 0.573 e. The zero-order valence-electron chi connectivity index (χ0n) is 14.0. The average molecular weight is 358 g/mol. The highest BCUT2D eigenvalue weighted by atomic mass is 19.4. The maximum absolute atomic E-state index is 12.2. The zero-order valence-corrected chi connectivity index (χ0v) is 14.0. The molecule has 2 unspecified atom stereocenters. The molecule has 2 aliphatic rings. The molecule has 138 valence electrons. The third kappa shape index (κ3) is 4.85. The number of piperazine rings is 1. The molecule has 0 aromatic heterocycles. The minimum Gasteiger partial charge on any atom is -0.461 e. The Labute approximate surface area is 144 Å². The van der Waals surface area contributed by atoms with Gasteiger partial charge in [-0.25, -0.2) is 0 Å². The second-order valence-corrected chi connectivity index (χ2v) is 6.50. The zero-order chi connectivity index (χ0) is 18.0. The van der Waals surface area contributed by atoms with Crippen molar-refractivity contribution < 1.29 is 27.4 Å². The van der Waals surface area contributed by atoms with Crippen LogP contribution in [0.4, 0.5) is 13.2 Å². The molecule has 5 nitrogen and oxygen atoms in total. The Morgan fingerprint density at radius 1 is 1.16 bits per heavy atom. The summed E-state index contributed by atoms with van der Waals surface area (Å²) in [4.78, 5) is 16.2. The number of rotatable bonds is 4. The van der Waals surface area contributed by atoms with Crippen molar-refractivity contribution in [3.63, 3.8) is 0 Å². The lowest BCUT2D eigenvalue weighted by molar-refractivity contribution is -0.274. The van der Waals surface area contributed by atoms with Crippen LogP contribution in [0.5, 0.6) is 5.75 Å². The predicted octanol–water partition coefficient (Wildman–Crippen LogP) is 2.41. The van der Waals surface area contributed by atoms with Crippen molar-refractivity contribution in [2.24, 2.45) is 0 Å². The summed E-state index contributed by atoms with van der Waals surface area (Å²) in [5.41, 5.74) is 0.928. The van der Waals surface area contributed by atoms with Gasteiger partial charge in [-0.05, 0) is 24.6 Å². The van der Waals surface area contributed by atoms with Crippen molar-refractivity contribution in [3.05, 3.63) is 29.8 Å². The summed E-state index contributed by atoms with van der Waals surface area (Å²) in [5, 5.41) is 0. The van der Waals surface area contributed by atoms with Gasteiger partial charge in [0.15, 0.2) is 0 Å². The number of halogens is 3. The van der Waals surface area contributed by atoms with E-state index in [0.29, 0.717) is 6.54 Å². The minimum atomic E-state index is -4.67. The van der Waals surface area contributed by atoms with Gasteiger partial charge in [-0.3, -0.25) is 14.6 Å². The lowest BCUT2D eigenvalue weighted by Gasteiger charge is -2.36. The Kier molecular flexibility index (Phi) is 5.19. The van der Waals surface area contributed by atoms with Crippen LogP contribution in [0.2, 0.25) is 0 Å². The van der Waals surface area contributed by atoms with Gasteiger partial charge >= 0.3 is 12.3 Å². The first-order valence-electron chi connectivity index (χ1n) is 8.32. The number of ether oxygens (including phenoxy) is 2. The molecule has 2 saturated heterocycles. The first kappa shape index (κ1) is 18.0. The SMILES string of the molecule is CC1CC(N2CCN(Cc3ccc(OC(F)(F)F)cc3)CC2)C(=O)O1. The molecule has 2 aliphatic heterocycles. The van der Waals surface area contributed by atoms with Crippen molar-refractivity contribution in [1.82, 2.24) is 9.80 Å². The van der Waals surface area contributed by atoms with Crippen LogP contribution in [-0.2, 0) is 16.1 Å². The third-order valence-electron chi connectivity index (χ3n) is 4.56. The van der Waals surface area contributed by atoms with Crippen LogP contribution in [0, 0.1) is 0 Å². The quantitative estimate of drug-likeness (QED) is 0.774. The summed E-state index contributed by atoms with van der Waals surface area (Å²) < 4.78 is 45.6. The molecule has 8 heteroatoms. The molecule has 3 rings (SSSR count). The topological polar surface area (TPSA) is 42.0 Å². The van der Waals surface area contributed by atoms with Crippen LogP contribution in [0.25, 0.3) is 0 Å². The summed E-state index contributed by atoms with van der Waals surface area (Å²) in [6.07, 6.45) is -3.95. The lowest BCUT2D eigenvalue weighted by Crippen LogP contribution is -2.51. The molecule has 1 aromatic rings. The summed E-state index contributed by atoms with van der Waals surface area (Å²) in [6, 6.07) is 5.80. The smallest absolute Gasteiger partial charge is 0.461 e. The van der Waals surface area contributed by atoms with Crippen LogP contribution in [0.15, 0.2) is 24.3 Å². The molecule has 0 N–H and O–H groups in total. The van der Waals surface area contributed by atoms with Gasteiger partial charge in [0.2, 0.25) is 0 Å². The van der Waals surface area contributed by atoms with Crippen molar-refractivity contribution in [1.29, 1.82) is 0 Å². The third-order valence-corrected chi connectivity index (χ3v) is 4.56. The average Bonchev–Trinajstić information content (AvgIpc) is 2.87. The summed E-state index contributed by atoms with van der Waals surface area (Å²) in [5.74, 6) is -0.351. The van der Waals surface area contributed by atoms with E-state index in [1.807, 2.05) is 6.92 Å². The van der Waals surface area contributed by atoms with Gasteiger partial charge < -0.3 is 9.47 Å². The second kappa shape index (κ2) is 7.21. The summed E-state index contributed by atoms with van der Waals surface area (Å²) in [6.45, 7) is 5.73. The van der Waals surface area contributed by atoms with Crippen LogP contribution >= 0.6 is 0 Å². The molecule has 0 radical (unpaired) electrons. The van der Waals surface area contributed by atoms with Gasteiger partial charge in [-0.2, -0.15) is 0 Å². The van der Waals surface area contributed by atoms with Crippen molar-refractivity contribution in [2.45, 2.75) is 38.4 Å². The first-order valence-corrected chi connectivity index (χ1v) is 8.32. The number of hydrogen-bond acceptors (Lipinski definition) is 5. The number of nitrogens with zero attached hydrogens (tertiary/aromatic N) is 2. The maximum atomic E-state index is 12.2. The minimum absolute atomic E-state index is 0.0204. The summed E-state index contributed by atoms with van der Waals surface area (Å²) >= 11 is 0. The van der Waals surface area contributed by atoms with Crippen LogP contribution < -0.4 is 4.74 Å². The number of esters is 1. The Morgan fingerprint density at radius 3 is 2.32 bits per heavy atom.